The minimum absolute atomic E-state index is 0.0439. The van der Waals surface area contributed by atoms with E-state index >= 15 is 0 Å². The van der Waals surface area contributed by atoms with Crippen LogP contribution in [0.1, 0.15) is 71.0 Å². The normalized spacial score (nSPS) is 27.1. The van der Waals surface area contributed by atoms with Crippen LogP contribution in [-0.4, -0.2) is 63.9 Å². The van der Waals surface area contributed by atoms with Gasteiger partial charge in [-0.15, -0.1) is 0 Å². The number of aromatic nitrogens is 1. The summed E-state index contributed by atoms with van der Waals surface area (Å²) >= 11 is 3.60. The molecule has 0 saturated heterocycles. The molecule has 2 heterocycles. The number of nitrogens with zero attached hydrogens (tertiary/aromatic N) is 1. The van der Waals surface area contributed by atoms with Gasteiger partial charge in [0.2, 0.25) is 17.7 Å². The molecule has 2 aromatic carbocycles. The number of fused-ring (bicyclic) bond motifs is 1. The Labute approximate surface area is 284 Å². The summed E-state index contributed by atoms with van der Waals surface area (Å²) in [6.45, 7) is 9.27. The van der Waals surface area contributed by atoms with Crippen LogP contribution in [0.15, 0.2) is 64.8 Å². The Morgan fingerprint density at radius 1 is 0.936 bits per heavy atom. The number of ether oxygens (including phenoxy) is 1. The van der Waals surface area contributed by atoms with Crippen LogP contribution in [0.25, 0.3) is 10.9 Å². The molecule has 1 aliphatic heterocycles. The number of hydrogen-bond acceptors (Lipinski definition) is 6. The highest BCUT2D eigenvalue weighted by atomic mass is 79.9. The van der Waals surface area contributed by atoms with Crippen molar-refractivity contribution in [1.82, 2.24) is 20.5 Å². The number of carbonyl (C=O) groups is 4. The standard InChI is InChI=1S/C36H45BrN4O6/c1-20-15-21(2)17-23(4)47-32(43)19-30(25-11-13-26(42)14-12-25)40-35(45)31(18-28-27-9-7-8-10-29(27)39-33(28)37)41(6)36(46)24(5)38-34(44)22(3)16-20/h7-15,21-24,30-31,39,42H,16-19H2,1-6H3,(H,38,44)(H,40,45)/b20-15+/t21?,22?,23?,24?,30-,31-/m1/s1. The molecule has 3 aromatic rings. The van der Waals surface area contributed by atoms with Crippen molar-refractivity contribution in [2.75, 3.05) is 7.05 Å². The van der Waals surface area contributed by atoms with Gasteiger partial charge in [0.25, 0.3) is 0 Å². The highest BCUT2D eigenvalue weighted by molar-refractivity contribution is 9.10. The van der Waals surface area contributed by atoms with E-state index in [-0.39, 0.29) is 36.3 Å². The van der Waals surface area contributed by atoms with Gasteiger partial charge < -0.3 is 30.4 Å². The van der Waals surface area contributed by atoms with E-state index < -0.39 is 42.0 Å². The summed E-state index contributed by atoms with van der Waals surface area (Å²) in [5.41, 5.74) is 3.29. The number of amides is 3. The molecule has 0 bridgehead atoms. The lowest BCUT2D eigenvalue weighted by atomic mass is 9.95. The number of allylic oxidation sites excluding steroid dienone is 2. The van der Waals surface area contributed by atoms with Crippen LogP contribution in [0, 0.1) is 11.8 Å². The maximum Gasteiger partial charge on any atom is 0.308 e. The van der Waals surface area contributed by atoms with Crippen molar-refractivity contribution < 1.29 is 29.0 Å². The monoisotopic (exact) mass is 708 g/mol. The van der Waals surface area contributed by atoms with Gasteiger partial charge in [-0.3, -0.25) is 19.2 Å². The fraction of sp³-hybridized carbons (Fsp3) is 0.444. The van der Waals surface area contributed by atoms with Gasteiger partial charge in [0.15, 0.2) is 0 Å². The van der Waals surface area contributed by atoms with E-state index in [0.29, 0.717) is 23.0 Å². The molecule has 0 radical (unpaired) electrons. The van der Waals surface area contributed by atoms with Crippen molar-refractivity contribution in [3.8, 4) is 5.75 Å². The molecule has 11 heteroatoms. The number of benzene rings is 2. The highest BCUT2D eigenvalue weighted by Crippen LogP contribution is 2.29. The van der Waals surface area contributed by atoms with E-state index in [0.717, 1.165) is 22.0 Å². The van der Waals surface area contributed by atoms with E-state index in [1.807, 2.05) is 52.0 Å². The molecule has 0 aliphatic carbocycles. The van der Waals surface area contributed by atoms with Crippen molar-refractivity contribution in [2.24, 2.45) is 11.8 Å². The van der Waals surface area contributed by atoms with E-state index in [2.05, 4.69) is 37.6 Å². The molecule has 47 heavy (non-hydrogen) atoms. The summed E-state index contributed by atoms with van der Waals surface area (Å²) in [4.78, 5) is 59.2. The predicted octanol–water partition coefficient (Wildman–Crippen LogP) is 5.70. The predicted molar refractivity (Wildman–Crippen MR) is 184 cm³/mol. The van der Waals surface area contributed by atoms with Crippen molar-refractivity contribution in [1.29, 1.82) is 0 Å². The summed E-state index contributed by atoms with van der Waals surface area (Å²) in [6, 6.07) is 11.2. The summed E-state index contributed by atoms with van der Waals surface area (Å²) in [5, 5.41) is 16.7. The van der Waals surface area contributed by atoms with Crippen LogP contribution in [-0.2, 0) is 30.3 Å². The third-order valence-electron chi connectivity index (χ3n) is 8.67. The molecular weight excluding hydrogens is 664 g/mol. The topological polar surface area (TPSA) is 141 Å². The third-order valence-corrected chi connectivity index (χ3v) is 9.35. The molecule has 0 spiro atoms. The van der Waals surface area contributed by atoms with Gasteiger partial charge in [0.05, 0.1) is 23.2 Å². The Balaban J connectivity index is 1.74. The number of aromatic hydroxyl groups is 1. The highest BCUT2D eigenvalue weighted by Gasteiger charge is 2.34. The van der Waals surface area contributed by atoms with Crippen molar-refractivity contribution in [2.45, 2.75) is 84.5 Å². The number of likely N-dealkylation sites (N-methyl/N-ethyl adjacent to an activating group) is 1. The fourth-order valence-corrected chi connectivity index (χ4v) is 6.87. The number of carbonyl (C=O) groups excluding carboxylic acids is 4. The first-order valence-corrected chi connectivity index (χ1v) is 16.8. The number of cyclic esters (lactones) is 1. The number of phenolic OH excluding ortho intramolecular Hbond substituents is 1. The average Bonchev–Trinajstić information content (AvgIpc) is 3.32. The van der Waals surface area contributed by atoms with Gasteiger partial charge in [-0.25, -0.2) is 0 Å². The van der Waals surface area contributed by atoms with Crippen LogP contribution in [0.2, 0.25) is 0 Å². The zero-order chi connectivity index (χ0) is 34.4. The number of aromatic amines is 1. The molecule has 4 unspecified atom stereocenters. The summed E-state index contributed by atoms with van der Waals surface area (Å²) in [5.74, 6) is -1.93. The maximum atomic E-state index is 14.3. The fourth-order valence-electron chi connectivity index (χ4n) is 6.28. The van der Waals surface area contributed by atoms with Gasteiger partial charge >= 0.3 is 5.97 Å². The van der Waals surface area contributed by atoms with E-state index in [1.54, 1.807) is 26.1 Å². The first-order chi connectivity index (χ1) is 22.2. The summed E-state index contributed by atoms with van der Waals surface area (Å²) < 4.78 is 6.47. The molecule has 0 saturated carbocycles. The lowest BCUT2D eigenvalue weighted by molar-refractivity contribution is -0.149. The first kappa shape index (κ1) is 35.7. The molecule has 4 N–H and O–H groups in total. The number of halogens is 1. The number of hydrogen-bond donors (Lipinski definition) is 4. The van der Waals surface area contributed by atoms with Crippen molar-refractivity contribution in [3.63, 3.8) is 0 Å². The van der Waals surface area contributed by atoms with Crippen LogP contribution in [0.3, 0.4) is 0 Å². The number of H-pyrrole nitrogens is 1. The second-order valence-electron chi connectivity index (χ2n) is 12.9. The number of phenols is 1. The van der Waals surface area contributed by atoms with E-state index in [1.165, 1.54) is 17.0 Å². The van der Waals surface area contributed by atoms with Gasteiger partial charge in [0.1, 0.15) is 17.8 Å². The Morgan fingerprint density at radius 2 is 1.62 bits per heavy atom. The molecule has 1 aromatic heterocycles. The second-order valence-corrected chi connectivity index (χ2v) is 13.6. The minimum Gasteiger partial charge on any atom is -0.508 e. The number of nitrogens with one attached hydrogen (secondary N) is 3. The van der Waals surface area contributed by atoms with Gasteiger partial charge in [0, 0.05) is 30.3 Å². The summed E-state index contributed by atoms with van der Waals surface area (Å²) in [7, 11) is 1.55. The largest absolute Gasteiger partial charge is 0.508 e. The number of rotatable bonds is 3. The number of para-hydroxylation sites is 1. The van der Waals surface area contributed by atoms with Crippen LogP contribution in [0.4, 0.5) is 0 Å². The molecule has 252 valence electrons. The van der Waals surface area contributed by atoms with Gasteiger partial charge in [-0.05, 0) is 84.8 Å². The molecule has 10 nitrogen and oxygen atoms in total. The molecular formula is C36H45BrN4O6. The van der Waals surface area contributed by atoms with Crippen LogP contribution < -0.4 is 10.6 Å². The average molecular weight is 710 g/mol. The van der Waals surface area contributed by atoms with Crippen molar-refractivity contribution in [3.05, 3.63) is 75.9 Å². The lowest BCUT2D eigenvalue weighted by Crippen LogP contribution is -2.55. The zero-order valence-corrected chi connectivity index (χ0v) is 29.4. The maximum absolute atomic E-state index is 14.3. The summed E-state index contributed by atoms with van der Waals surface area (Å²) in [6.07, 6.45) is 2.76. The quantitative estimate of drug-likeness (QED) is 0.203. The molecule has 6 atom stereocenters. The molecule has 0 fully saturated rings. The Bertz CT molecular complexity index is 1630. The Morgan fingerprint density at radius 3 is 2.32 bits per heavy atom. The Hall–Kier alpha value is -4.12. The van der Waals surface area contributed by atoms with E-state index in [4.69, 9.17) is 4.74 Å². The zero-order valence-electron chi connectivity index (χ0n) is 27.8. The van der Waals surface area contributed by atoms with Gasteiger partial charge in [-0.2, -0.15) is 0 Å². The third kappa shape index (κ3) is 9.24. The Kier molecular flexibility index (Phi) is 11.9. The molecule has 1 aliphatic rings. The first-order valence-electron chi connectivity index (χ1n) is 16.0. The van der Waals surface area contributed by atoms with Crippen molar-refractivity contribution >= 4 is 50.5 Å². The SMILES string of the molecule is C/C1=C\C(C)CC(C)OC(=O)C[C@H](c2ccc(O)cc2)NC(=O)[C@@H](Cc2c(Br)[nH]c3ccccc23)N(C)C(=O)C(C)NC(=O)C(C)C1. The minimum atomic E-state index is -1.02. The second kappa shape index (κ2) is 15.6. The molecule has 3 amide bonds. The molecule has 4 rings (SSSR count). The van der Waals surface area contributed by atoms with Gasteiger partial charge in [-0.1, -0.05) is 55.8 Å². The smallest absolute Gasteiger partial charge is 0.308 e. The van der Waals surface area contributed by atoms with E-state index in [9.17, 15) is 24.3 Å². The lowest BCUT2D eigenvalue weighted by Gasteiger charge is -2.31. The van der Waals surface area contributed by atoms with Crippen LogP contribution in [0.5, 0.6) is 5.75 Å². The number of esters is 1. The van der Waals surface area contributed by atoms with Crippen LogP contribution >= 0.6 is 15.9 Å².